The van der Waals surface area contributed by atoms with Gasteiger partial charge in [-0.25, -0.2) is 0 Å². The molecule has 4 nitrogen and oxygen atoms in total. The summed E-state index contributed by atoms with van der Waals surface area (Å²) in [5, 5.41) is 20.2. The summed E-state index contributed by atoms with van der Waals surface area (Å²) in [6, 6.07) is 7.68. The maximum absolute atomic E-state index is 12.5. The van der Waals surface area contributed by atoms with E-state index in [1.54, 1.807) is 24.3 Å². The van der Waals surface area contributed by atoms with Crippen LogP contribution in [-0.2, 0) is 6.42 Å². The normalized spacial score (nSPS) is 12.8. The van der Waals surface area contributed by atoms with Crippen molar-refractivity contribution in [1.82, 2.24) is 0 Å². The largest absolute Gasteiger partial charge is 0.507 e. The van der Waals surface area contributed by atoms with Gasteiger partial charge in [0.25, 0.3) is 0 Å². The highest BCUT2D eigenvalue weighted by molar-refractivity contribution is 6.29. The second-order valence-corrected chi connectivity index (χ2v) is 4.84. The smallest absolute Gasteiger partial charge is 0.198 e. The lowest BCUT2D eigenvalue weighted by atomic mass is 9.82. The molecule has 0 saturated carbocycles. The molecule has 2 aromatic carbocycles. The molecule has 0 fully saturated rings. The van der Waals surface area contributed by atoms with Gasteiger partial charge in [0.1, 0.15) is 11.5 Å². The van der Waals surface area contributed by atoms with E-state index in [4.69, 9.17) is 0 Å². The SMILES string of the molecule is C=CCc1c(O)cc2c(c1O)C(=O)c1ccccc1C2=O. The van der Waals surface area contributed by atoms with E-state index in [1.165, 1.54) is 12.1 Å². The molecule has 1 aliphatic carbocycles. The van der Waals surface area contributed by atoms with Gasteiger partial charge in [-0.15, -0.1) is 6.58 Å². The van der Waals surface area contributed by atoms with Crippen LogP contribution >= 0.6 is 0 Å². The predicted molar refractivity (Wildman–Crippen MR) is 77.0 cm³/mol. The molecule has 4 heteroatoms. The van der Waals surface area contributed by atoms with Gasteiger partial charge >= 0.3 is 0 Å². The Labute approximate surface area is 121 Å². The van der Waals surface area contributed by atoms with Crippen molar-refractivity contribution in [1.29, 1.82) is 0 Å². The van der Waals surface area contributed by atoms with Crippen molar-refractivity contribution in [3.8, 4) is 11.5 Å². The second kappa shape index (κ2) is 4.59. The molecule has 0 heterocycles. The quantitative estimate of drug-likeness (QED) is 0.708. The minimum absolute atomic E-state index is 0.0292. The molecule has 0 aromatic heterocycles. The number of fused-ring (bicyclic) bond motifs is 2. The molecule has 104 valence electrons. The number of phenols is 2. The summed E-state index contributed by atoms with van der Waals surface area (Å²) in [4.78, 5) is 25.0. The number of allylic oxidation sites excluding steroid dienone is 1. The molecule has 2 N–H and O–H groups in total. The van der Waals surface area contributed by atoms with Gasteiger partial charge < -0.3 is 10.2 Å². The molecular weight excluding hydrogens is 268 g/mol. The number of hydrogen-bond acceptors (Lipinski definition) is 4. The van der Waals surface area contributed by atoms with E-state index in [0.717, 1.165) is 0 Å². The van der Waals surface area contributed by atoms with Crippen LogP contribution in [0.3, 0.4) is 0 Å². The second-order valence-electron chi connectivity index (χ2n) is 4.84. The van der Waals surface area contributed by atoms with Crippen LogP contribution in [0, 0.1) is 0 Å². The van der Waals surface area contributed by atoms with Crippen LogP contribution < -0.4 is 0 Å². The van der Waals surface area contributed by atoms with Crippen LogP contribution in [0.5, 0.6) is 11.5 Å². The number of carbonyl (C=O) groups excluding carboxylic acids is 2. The van der Waals surface area contributed by atoms with Crippen molar-refractivity contribution in [2.45, 2.75) is 6.42 Å². The number of rotatable bonds is 2. The first-order valence-electron chi connectivity index (χ1n) is 6.43. The first-order chi connectivity index (χ1) is 10.1. The fourth-order valence-electron chi connectivity index (χ4n) is 2.61. The molecule has 0 spiro atoms. The Morgan fingerprint density at radius 3 is 2.24 bits per heavy atom. The Kier molecular flexibility index (Phi) is 2.87. The van der Waals surface area contributed by atoms with E-state index in [1.807, 2.05) is 0 Å². The highest BCUT2D eigenvalue weighted by Gasteiger charge is 2.33. The summed E-state index contributed by atoms with van der Waals surface area (Å²) < 4.78 is 0. The Morgan fingerprint density at radius 2 is 1.62 bits per heavy atom. The number of carbonyl (C=O) groups is 2. The number of ketones is 2. The molecule has 3 rings (SSSR count). The molecule has 0 aliphatic heterocycles. The van der Waals surface area contributed by atoms with E-state index in [2.05, 4.69) is 6.58 Å². The fraction of sp³-hybridized carbons (Fsp3) is 0.0588. The summed E-state index contributed by atoms with van der Waals surface area (Å²) in [5.74, 6) is -1.36. The van der Waals surface area contributed by atoms with Crippen LogP contribution in [0.15, 0.2) is 43.0 Å². The van der Waals surface area contributed by atoms with Crippen molar-refractivity contribution in [3.63, 3.8) is 0 Å². The summed E-state index contributed by atoms with van der Waals surface area (Å²) in [6.07, 6.45) is 1.71. The van der Waals surface area contributed by atoms with Gasteiger partial charge in [0.15, 0.2) is 11.6 Å². The zero-order valence-corrected chi connectivity index (χ0v) is 11.1. The highest BCUT2D eigenvalue weighted by Crippen LogP contribution is 2.39. The minimum atomic E-state index is -0.414. The molecular formula is C17H12O4. The first kappa shape index (κ1) is 13.1. The lowest BCUT2D eigenvalue weighted by Gasteiger charge is -2.20. The van der Waals surface area contributed by atoms with Gasteiger partial charge in [-0.3, -0.25) is 9.59 Å². The number of hydrogen-bond donors (Lipinski definition) is 2. The lowest BCUT2D eigenvalue weighted by molar-refractivity contribution is 0.0976. The summed E-state index contributed by atoms with van der Waals surface area (Å²) >= 11 is 0. The van der Waals surface area contributed by atoms with E-state index in [9.17, 15) is 19.8 Å². The van der Waals surface area contributed by atoms with Gasteiger partial charge in [0.2, 0.25) is 0 Å². The highest BCUT2D eigenvalue weighted by atomic mass is 16.3. The molecule has 0 atom stereocenters. The average molecular weight is 280 g/mol. The Bertz CT molecular complexity index is 803. The maximum atomic E-state index is 12.5. The standard InChI is InChI=1S/C17H12O4/c1-2-5-11-13(18)8-12-14(17(11)21)16(20)10-7-4-3-6-9(10)15(12)19/h2-4,6-8,18,21H,1,5H2. The minimum Gasteiger partial charge on any atom is -0.507 e. The molecule has 1 aliphatic rings. The number of phenolic OH excluding ortho intramolecular Hbond substituents is 2. The predicted octanol–water partition coefficient (Wildman–Crippen LogP) is 2.60. The van der Waals surface area contributed by atoms with Crippen LogP contribution in [0.25, 0.3) is 0 Å². The molecule has 0 unspecified atom stereocenters. The van der Waals surface area contributed by atoms with Gasteiger partial charge in [0.05, 0.1) is 5.56 Å². The van der Waals surface area contributed by atoms with Crippen molar-refractivity contribution < 1.29 is 19.8 Å². The average Bonchev–Trinajstić information content (AvgIpc) is 2.48. The van der Waals surface area contributed by atoms with Crippen LogP contribution in [0.2, 0.25) is 0 Å². The van der Waals surface area contributed by atoms with Crippen molar-refractivity contribution in [2.75, 3.05) is 0 Å². The van der Waals surface area contributed by atoms with Crippen molar-refractivity contribution >= 4 is 11.6 Å². The molecule has 0 saturated heterocycles. The van der Waals surface area contributed by atoms with Gasteiger partial charge in [0, 0.05) is 22.3 Å². The third kappa shape index (κ3) is 1.76. The lowest BCUT2D eigenvalue weighted by Crippen LogP contribution is -2.21. The fourth-order valence-corrected chi connectivity index (χ4v) is 2.61. The van der Waals surface area contributed by atoms with Crippen LogP contribution in [0.1, 0.15) is 37.4 Å². The first-order valence-corrected chi connectivity index (χ1v) is 6.43. The third-order valence-corrected chi connectivity index (χ3v) is 3.62. The topological polar surface area (TPSA) is 74.6 Å². The Morgan fingerprint density at radius 1 is 1.00 bits per heavy atom. The summed E-state index contributed by atoms with van der Waals surface area (Å²) in [7, 11) is 0. The molecule has 0 bridgehead atoms. The number of benzene rings is 2. The van der Waals surface area contributed by atoms with E-state index in [0.29, 0.717) is 0 Å². The monoisotopic (exact) mass is 280 g/mol. The van der Waals surface area contributed by atoms with Gasteiger partial charge in [-0.1, -0.05) is 30.3 Å². The van der Waals surface area contributed by atoms with Crippen LogP contribution in [-0.4, -0.2) is 21.8 Å². The Hall–Kier alpha value is -2.88. The van der Waals surface area contributed by atoms with E-state index >= 15 is 0 Å². The third-order valence-electron chi connectivity index (χ3n) is 3.62. The van der Waals surface area contributed by atoms with Crippen molar-refractivity contribution in [2.24, 2.45) is 0 Å². The summed E-state index contributed by atoms with van der Waals surface area (Å²) in [6.45, 7) is 3.55. The van der Waals surface area contributed by atoms with Crippen molar-refractivity contribution in [3.05, 3.63) is 70.8 Å². The zero-order chi connectivity index (χ0) is 15.1. The van der Waals surface area contributed by atoms with Crippen LogP contribution in [0.4, 0.5) is 0 Å². The van der Waals surface area contributed by atoms with Gasteiger partial charge in [-0.2, -0.15) is 0 Å². The summed E-state index contributed by atoms with van der Waals surface area (Å²) in [5.41, 5.74) is 0.727. The maximum Gasteiger partial charge on any atom is 0.198 e. The molecule has 0 amide bonds. The van der Waals surface area contributed by atoms with E-state index < -0.39 is 5.78 Å². The molecule has 21 heavy (non-hydrogen) atoms. The zero-order valence-electron chi connectivity index (χ0n) is 11.1. The molecule has 0 radical (unpaired) electrons. The van der Waals surface area contributed by atoms with Gasteiger partial charge in [-0.05, 0) is 12.5 Å². The molecule has 2 aromatic rings. The van der Waals surface area contributed by atoms with E-state index in [-0.39, 0.29) is 51.5 Å². The number of aromatic hydroxyl groups is 2. The Balaban J connectivity index is 2.33.